The van der Waals surface area contributed by atoms with Crippen LogP contribution in [0.15, 0.2) is 66.7 Å². The van der Waals surface area contributed by atoms with Crippen molar-refractivity contribution in [1.29, 1.82) is 0 Å². The van der Waals surface area contributed by atoms with Crippen LogP contribution in [0.25, 0.3) is 10.8 Å². The number of nitrogens with one attached hydrogen (secondary N) is 3. The zero-order chi connectivity index (χ0) is 18.5. The fraction of sp³-hybridized carbons (Fsp3) is 0.143. The van der Waals surface area contributed by atoms with Gasteiger partial charge in [0.2, 0.25) is 11.8 Å². The molecular formula is C21H21N3O2. The molecule has 26 heavy (non-hydrogen) atoms. The van der Waals surface area contributed by atoms with E-state index in [0.717, 1.165) is 27.8 Å². The Morgan fingerprint density at radius 1 is 0.808 bits per heavy atom. The molecule has 0 aliphatic rings. The lowest BCUT2D eigenvalue weighted by Gasteiger charge is -2.16. The molecule has 0 aliphatic carbocycles. The lowest BCUT2D eigenvalue weighted by Crippen LogP contribution is -2.31. The van der Waals surface area contributed by atoms with Gasteiger partial charge >= 0.3 is 0 Å². The molecule has 3 N–H and O–H groups in total. The van der Waals surface area contributed by atoms with Gasteiger partial charge in [-0.1, -0.05) is 36.4 Å². The number of rotatable bonds is 5. The summed E-state index contributed by atoms with van der Waals surface area (Å²) in [5.74, 6) is -0.235. The van der Waals surface area contributed by atoms with Gasteiger partial charge in [0, 0.05) is 29.4 Å². The average Bonchev–Trinajstić information content (AvgIpc) is 2.63. The second kappa shape index (κ2) is 7.70. The van der Waals surface area contributed by atoms with Crippen LogP contribution in [-0.2, 0) is 9.59 Å². The Morgan fingerprint density at radius 2 is 1.46 bits per heavy atom. The molecule has 3 aromatic rings. The van der Waals surface area contributed by atoms with E-state index in [-0.39, 0.29) is 11.8 Å². The van der Waals surface area contributed by atoms with Crippen LogP contribution in [0.1, 0.15) is 13.8 Å². The molecule has 1 unspecified atom stereocenters. The second-order valence-corrected chi connectivity index (χ2v) is 6.14. The van der Waals surface area contributed by atoms with Crippen molar-refractivity contribution in [2.24, 2.45) is 0 Å². The molecule has 3 aromatic carbocycles. The Balaban J connectivity index is 1.67. The Morgan fingerprint density at radius 3 is 2.19 bits per heavy atom. The highest BCUT2D eigenvalue weighted by Gasteiger charge is 2.14. The molecule has 0 saturated carbocycles. The molecule has 0 radical (unpaired) electrons. The summed E-state index contributed by atoms with van der Waals surface area (Å²) in [5, 5.41) is 11.0. The number of fused-ring (bicyclic) bond motifs is 1. The smallest absolute Gasteiger partial charge is 0.246 e. The summed E-state index contributed by atoms with van der Waals surface area (Å²) in [7, 11) is 0. The van der Waals surface area contributed by atoms with Crippen LogP contribution in [0.3, 0.4) is 0 Å². The highest BCUT2D eigenvalue weighted by Crippen LogP contribution is 2.23. The molecule has 0 aliphatic heterocycles. The molecule has 3 rings (SSSR count). The minimum atomic E-state index is -0.416. The first-order valence-electron chi connectivity index (χ1n) is 8.46. The first-order chi connectivity index (χ1) is 12.5. The number of hydrogen-bond donors (Lipinski definition) is 3. The van der Waals surface area contributed by atoms with E-state index in [0.29, 0.717) is 0 Å². The average molecular weight is 347 g/mol. The predicted octanol–water partition coefficient (Wildman–Crippen LogP) is 4.24. The topological polar surface area (TPSA) is 70.2 Å². The summed E-state index contributed by atoms with van der Waals surface area (Å²) in [6, 6.07) is 20.6. The number of amides is 2. The number of anilines is 3. The van der Waals surface area contributed by atoms with E-state index in [2.05, 4.69) is 16.0 Å². The minimum absolute atomic E-state index is 0.117. The maximum atomic E-state index is 12.5. The fourth-order valence-corrected chi connectivity index (χ4v) is 2.74. The molecule has 0 spiro atoms. The largest absolute Gasteiger partial charge is 0.374 e. The standard InChI is InChI=1S/C21H21N3O2/c1-14(22-17-10-12-18(13-11-17)23-15(2)25)21(26)24-20-9-5-7-16-6-3-4-8-19(16)20/h3-14,22H,1-2H3,(H,23,25)(H,24,26). The van der Waals surface area contributed by atoms with Crippen molar-refractivity contribution in [1.82, 2.24) is 0 Å². The summed E-state index contributed by atoms with van der Waals surface area (Å²) in [5.41, 5.74) is 2.32. The van der Waals surface area contributed by atoms with Crippen molar-refractivity contribution in [2.45, 2.75) is 19.9 Å². The number of carbonyl (C=O) groups is 2. The molecular weight excluding hydrogens is 326 g/mol. The second-order valence-electron chi connectivity index (χ2n) is 6.14. The van der Waals surface area contributed by atoms with Gasteiger partial charge in [-0.3, -0.25) is 9.59 Å². The van der Waals surface area contributed by atoms with Crippen LogP contribution in [0.2, 0.25) is 0 Å². The lowest BCUT2D eigenvalue weighted by molar-refractivity contribution is -0.116. The third kappa shape index (κ3) is 4.19. The zero-order valence-electron chi connectivity index (χ0n) is 14.7. The lowest BCUT2D eigenvalue weighted by atomic mass is 10.1. The first-order valence-corrected chi connectivity index (χ1v) is 8.46. The maximum Gasteiger partial charge on any atom is 0.246 e. The summed E-state index contributed by atoms with van der Waals surface area (Å²) < 4.78 is 0. The summed E-state index contributed by atoms with van der Waals surface area (Å²) in [6.07, 6.45) is 0. The van der Waals surface area contributed by atoms with E-state index in [4.69, 9.17) is 0 Å². The highest BCUT2D eigenvalue weighted by molar-refractivity contribution is 6.04. The Bertz CT molecular complexity index is 930. The van der Waals surface area contributed by atoms with Crippen molar-refractivity contribution in [3.8, 4) is 0 Å². The molecule has 0 aromatic heterocycles. The Labute approximate surface area is 152 Å². The normalized spacial score (nSPS) is 11.6. The molecule has 0 heterocycles. The van der Waals surface area contributed by atoms with Gasteiger partial charge in [-0.25, -0.2) is 0 Å². The fourth-order valence-electron chi connectivity index (χ4n) is 2.74. The van der Waals surface area contributed by atoms with Gasteiger partial charge in [-0.05, 0) is 42.6 Å². The number of benzene rings is 3. The maximum absolute atomic E-state index is 12.5. The first kappa shape index (κ1) is 17.5. The number of hydrogen-bond acceptors (Lipinski definition) is 3. The third-order valence-electron chi connectivity index (χ3n) is 4.03. The van der Waals surface area contributed by atoms with Crippen LogP contribution in [0, 0.1) is 0 Å². The molecule has 2 amide bonds. The van der Waals surface area contributed by atoms with Gasteiger partial charge in [0.05, 0.1) is 0 Å². The van der Waals surface area contributed by atoms with E-state index in [1.165, 1.54) is 6.92 Å². The highest BCUT2D eigenvalue weighted by atomic mass is 16.2. The van der Waals surface area contributed by atoms with Crippen molar-refractivity contribution in [2.75, 3.05) is 16.0 Å². The van der Waals surface area contributed by atoms with E-state index in [1.807, 2.05) is 61.5 Å². The van der Waals surface area contributed by atoms with E-state index in [9.17, 15) is 9.59 Å². The van der Waals surface area contributed by atoms with Crippen LogP contribution >= 0.6 is 0 Å². The third-order valence-corrected chi connectivity index (χ3v) is 4.03. The van der Waals surface area contributed by atoms with Crippen LogP contribution in [0.4, 0.5) is 17.1 Å². The van der Waals surface area contributed by atoms with Crippen molar-refractivity contribution in [3.63, 3.8) is 0 Å². The van der Waals surface area contributed by atoms with Crippen molar-refractivity contribution >= 4 is 39.6 Å². The van der Waals surface area contributed by atoms with Gasteiger partial charge < -0.3 is 16.0 Å². The molecule has 132 valence electrons. The van der Waals surface area contributed by atoms with Gasteiger partial charge in [-0.15, -0.1) is 0 Å². The van der Waals surface area contributed by atoms with Crippen LogP contribution in [0.5, 0.6) is 0 Å². The van der Waals surface area contributed by atoms with Gasteiger partial charge in [0.15, 0.2) is 0 Å². The van der Waals surface area contributed by atoms with Crippen LogP contribution < -0.4 is 16.0 Å². The summed E-state index contributed by atoms with van der Waals surface area (Å²) in [6.45, 7) is 3.27. The SMILES string of the molecule is CC(=O)Nc1ccc(NC(C)C(=O)Nc2cccc3ccccc23)cc1. The quantitative estimate of drug-likeness (QED) is 0.646. The molecule has 5 nitrogen and oxygen atoms in total. The molecule has 0 saturated heterocycles. The van der Waals surface area contributed by atoms with Crippen LogP contribution in [-0.4, -0.2) is 17.9 Å². The molecule has 1 atom stereocenters. The molecule has 5 heteroatoms. The number of carbonyl (C=O) groups excluding carboxylic acids is 2. The monoisotopic (exact) mass is 347 g/mol. The summed E-state index contributed by atoms with van der Waals surface area (Å²) in [4.78, 5) is 23.6. The van der Waals surface area contributed by atoms with Gasteiger partial charge in [0.1, 0.15) is 6.04 Å². The molecule has 0 fully saturated rings. The summed E-state index contributed by atoms with van der Waals surface area (Å²) >= 11 is 0. The van der Waals surface area contributed by atoms with Crippen molar-refractivity contribution < 1.29 is 9.59 Å². The van der Waals surface area contributed by atoms with Gasteiger partial charge in [0.25, 0.3) is 0 Å². The van der Waals surface area contributed by atoms with E-state index >= 15 is 0 Å². The zero-order valence-corrected chi connectivity index (χ0v) is 14.7. The predicted molar refractivity (Wildman–Crippen MR) is 106 cm³/mol. The molecule has 0 bridgehead atoms. The van der Waals surface area contributed by atoms with E-state index < -0.39 is 6.04 Å². The van der Waals surface area contributed by atoms with E-state index in [1.54, 1.807) is 12.1 Å². The minimum Gasteiger partial charge on any atom is -0.374 e. The van der Waals surface area contributed by atoms with Crippen molar-refractivity contribution in [3.05, 3.63) is 66.7 Å². The van der Waals surface area contributed by atoms with Gasteiger partial charge in [-0.2, -0.15) is 0 Å². The Hall–Kier alpha value is -3.34. The Kier molecular flexibility index (Phi) is 5.17.